The summed E-state index contributed by atoms with van der Waals surface area (Å²) in [7, 11) is 0. The predicted octanol–water partition coefficient (Wildman–Crippen LogP) is 5.64. The number of fused-ring (bicyclic) bond motifs is 2. The first-order chi connectivity index (χ1) is 9.43. The molecule has 100 valence electrons. The number of hydrogen-bond donors (Lipinski definition) is 1. The van der Waals surface area contributed by atoms with Crippen LogP contribution in [0.15, 0.2) is 85.1 Å². The molecule has 0 fully saturated rings. The van der Waals surface area contributed by atoms with Crippen LogP contribution in [0.4, 0.5) is 0 Å². The summed E-state index contributed by atoms with van der Waals surface area (Å²) in [5, 5.41) is 3.90. The number of para-hydroxylation sites is 1. The number of rotatable bonds is 0. The van der Waals surface area contributed by atoms with Gasteiger partial charge in [0, 0.05) is 11.7 Å². The molecule has 0 atom stereocenters. The largest absolute Gasteiger partial charge is 0.361 e. The lowest BCUT2D eigenvalue weighted by Gasteiger charge is -1.92. The fourth-order valence-corrected chi connectivity index (χ4v) is 2.13. The second-order valence-corrected chi connectivity index (χ2v) is 4.41. The molecule has 3 aromatic carbocycles. The van der Waals surface area contributed by atoms with E-state index in [1.807, 2.05) is 18.3 Å². The lowest BCUT2D eigenvalue weighted by Crippen LogP contribution is -1.67. The van der Waals surface area contributed by atoms with Crippen molar-refractivity contribution in [2.24, 2.45) is 0 Å². The van der Waals surface area contributed by atoms with Crippen LogP contribution in [0.25, 0.3) is 21.7 Å². The van der Waals surface area contributed by atoms with Crippen molar-refractivity contribution in [3.63, 3.8) is 0 Å². The van der Waals surface area contributed by atoms with Crippen molar-refractivity contribution in [1.29, 1.82) is 0 Å². The Morgan fingerprint density at radius 3 is 1.45 bits per heavy atom. The van der Waals surface area contributed by atoms with E-state index >= 15 is 0 Å². The van der Waals surface area contributed by atoms with E-state index in [0.29, 0.717) is 0 Å². The summed E-state index contributed by atoms with van der Waals surface area (Å²) in [4.78, 5) is 3.12. The molecule has 0 aliphatic rings. The van der Waals surface area contributed by atoms with E-state index in [0.717, 1.165) is 0 Å². The molecule has 0 radical (unpaired) electrons. The molecule has 0 saturated carbocycles. The first-order valence-corrected chi connectivity index (χ1v) is 6.39. The Morgan fingerprint density at radius 1 is 0.500 bits per heavy atom. The maximum atomic E-state index is 3.12. The molecule has 1 heterocycles. The van der Waals surface area contributed by atoms with Gasteiger partial charge in [-0.2, -0.15) is 0 Å². The van der Waals surface area contributed by atoms with Gasteiger partial charge in [-0.1, -0.05) is 74.2 Å². The molecule has 0 aliphatic heterocycles. The van der Waals surface area contributed by atoms with Gasteiger partial charge in [0.25, 0.3) is 0 Å². The van der Waals surface area contributed by atoms with Gasteiger partial charge < -0.3 is 4.98 Å². The molecule has 0 bridgehead atoms. The zero-order chi connectivity index (χ0) is 12.9. The van der Waals surface area contributed by atoms with Crippen molar-refractivity contribution in [3.05, 3.63) is 85.1 Å². The second-order valence-electron chi connectivity index (χ2n) is 4.41. The van der Waals surface area contributed by atoms with Crippen LogP contribution in [0.3, 0.4) is 0 Å². The van der Waals surface area contributed by atoms with Gasteiger partial charge in [-0.3, -0.25) is 0 Å². The van der Waals surface area contributed by atoms with Crippen molar-refractivity contribution in [2.45, 2.75) is 7.43 Å². The summed E-state index contributed by atoms with van der Waals surface area (Å²) < 4.78 is 0. The smallest absolute Gasteiger partial charge is 0.0453 e. The lowest BCUT2D eigenvalue weighted by molar-refractivity contribution is 1.48. The van der Waals surface area contributed by atoms with E-state index in [2.05, 4.69) is 71.7 Å². The molecular weight excluding hydrogens is 242 g/mol. The molecule has 0 saturated heterocycles. The van der Waals surface area contributed by atoms with Gasteiger partial charge in [-0.05, 0) is 28.3 Å². The average molecular weight is 261 g/mol. The molecule has 0 unspecified atom stereocenters. The number of hydrogen-bond acceptors (Lipinski definition) is 0. The van der Waals surface area contributed by atoms with Crippen LogP contribution in [-0.2, 0) is 0 Å². The van der Waals surface area contributed by atoms with Crippen LogP contribution < -0.4 is 0 Å². The molecule has 20 heavy (non-hydrogen) atoms. The zero-order valence-corrected chi connectivity index (χ0v) is 10.6. The molecule has 0 aliphatic carbocycles. The molecule has 1 aromatic heterocycles. The van der Waals surface area contributed by atoms with Crippen molar-refractivity contribution in [1.82, 2.24) is 4.98 Å². The summed E-state index contributed by atoms with van der Waals surface area (Å²) >= 11 is 0. The highest BCUT2D eigenvalue weighted by atomic mass is 14.6. The molecular formula is C19H19N. The Labute approximate surface area is 119 Å². The Balaban J connectivity index is 0.000000141. The third-order valence-corrected chi connectivity index (χ3v) is 3.12. The van der Waals surface area contributed by atoms with E-state index in [1.165, 1.54) is 21.7 Å². The van der Waals surface area contributed by atoms with Gasteiger partial charge in [0.05, 0.1) is 0 Å². The summed E-state index contributed by atoms with van der Waals surface area (Å²) in [6.07, 6.45) is 1.95. The topological polar surface area (TPSA) is 15.8 Å². The Kier molecular flexibility index (Phi) is 4.56. The number of aromatic amines is 1. The lowest BCUT2D eigenvalue weighted by atomic mass is 10.1. The SMILES string of the molecule is C.c1ccc2[nH]ccc2c1.c1ccc2ccccc2c1. The summed E-state index contributed by atoms with van der Waals surface area (Å²) in [5.41, 5.74) is 1.21. The molecule has 1 heteroatoms. The monoisotopic (exact) mass is 261 g/mol. The molecule has 4 rings (SSSR count). The molecule has 1 nitrogen and oxygen atoms in total. The molecule has 0 amide bonds. The summed E-state index contributed by atoms with van der Waals surface area (Å²) in [6.45, 7) is 0. The molecule has 0 spiro atoms. The predicted molar refractivity (Wildman–Crippen MR) is 89.0 cm³/mol. The standard InChI is InChI=1S/C10H8.C8H7N.CH4/c1-2-6-10-8-4-3-7-9(10)5-1;1-2-4-8-7(3-1)5-6-9-8;/h1-8H;1-6,9H;1H4. The fourth-order valence-electron chi connectivity index (χ4n) is 2.13. The zero-order valence-electron chi connectivity index (χ0n) is 10.6. The highest BCUT2D eigenvalue weighted by molar-refractivity contribution is 5.82. The van der Waals surface area contributed by atoms with Gasteiger partial charge in [0.2, 0.25) is 0 Å². The highest BCUT2D eigenvalue weighted by Gasteiger charge is 1.87. The minimum absolute atomic E-state index is 0. The minimum Gasteiger partial charge on any atom is -0.361 e. The van der Waals surface area contributed by atoms with E-state index in [-0.39, 0.29) is 7.43 Å². The molecule has 4 aromatic rings. The Bertz CT molecular complexity index is 688. The first-order valence-electron chi connectivity index (χ1n) is 6.39. The van der Waals surface area contributed by atoms with Crippen molar-refractivity contribution in [2.75, 3.05) is 0 Å². The third-order valence-electron chi connectivity index (χ3n) is 3.12. The Hall–Kier alpha value is -2.54. The second kappa shape index (κ2) is 6.58. The number of benzene rings is 3. The fraction of sp³-hybridized carbons (Fsp3) is 0.0526. The average Bonchev–Trinajstić information content (AvgIpc) is 2.96. The maximum Gasteiger partial charge on any atom is 0.0453 e. The highest BCUT2D eigenvalue weighted by Crippen LogP contribution is 2.11. The van der Waals surface area contributed by atoms with Gasteiger partial charge >= 0.3 is 0 Å². The maximum absolute atomic E-state index is 3.12. The minimum atomic E-state index is 0. The van der Waals surface area contributed by atoms with Crippen LogP contribution in [0.2, 0.25) is 0 Å². The number of aromatic nitrogens is 1. The van der Waals surface area contributed by atoms with Gasteiger partial charge in [0.15, 0.2) is 0 Å². The van der Waals surface area contributed by atoms with E-state index < -0.39 is 0 Å². The van der Waals surface area contributed by atoms with Crippen molar-refractivity contribution >= 4 is 21.7 Å². The number of H-pyrrole nitrogens is 1. The van der Waals surface area contributed by atoms with Crippen molar-refractivity contribution < 1.29 is 0 Å². The van der Waals surface area contributed by atoms with E-state index in [9.17, 15) is 0 Å². The number of nitrogens with one attached hydrogen (secondary N) is 1. The summed E-state index contributed by atoms with van der Waals surface area (Å²) in [6, 6.07) is 27.0. The first kappa shape index (κ1) is 13.9. The van der Waals surface area contributed by atoms with Crippen LogP contribution in [0.5, 0.6) is 0 Å². The Morgan fingerprint density at radius 2 is 0.950 bits per heavy atom. The van der Waals surface area contributed by atoms with Gasteiger partial charge in [0.1, 0.15) is 0 Å². The van der Waals surface area contributed by atoms with E-state index in [4.69, 9.17) is 0 Å². The normalized spacial score (nSPS) is 9.60. The quantitative estimate of drug-likeness (QED) is 0.421. The third kappa shape index (κ3) is 3.07. The van der Waals surface area contributed by atoms with Gasteiger partial charge in [-0.15, -0.1) is 0 Å². The van der Waals surface area contributed by atoms with Crippen molar-refractivity contribution in [3.8, 4) is 0 Å². The van der Waals surface area contributed by atoms with Crippen LogP contribution in [0.1, 0.15) is 7.43 Å². The van der Waals surface area contributed by atoms with E-state index in [1.54, 1.807) is 0 Å². The molecule has 1 N–H and O–H groups in total. The van der Waals surface area contributed by atoms with Crippen LogP contribution in [0, 0.1) is 0 Å². The van der Waals surface area contributed by atoms with Crippen LogP contribution >= 0.6 is 0 Å². The van der Waals surface area contributed by atoms with Crippen LogP contribution in [-0.4, -0.2) is 4.98 Å². The summed E-state index contributed by atoms with van der Waals surface area (Å²) in [5.74, 6) is 0. The van der Waals surface area contributed by atoms with Gasteiger partial charge in [-0.25, -0.2) is 0 Å².